The van der Waals surface area contributed by atoms with Crippen LogP contribution in [0.2, 0.25) is 0 Å². The molecule has 0 saturated heterocycles. The van der Waals surface area contributed by atoms with Gasteiger partial charge in [-0.1, -0.05) is 26.8 Å². The predicted molar refractivity (Wildman–Crippen MR) is 78.1 cm³/mol. The van der Waals surface area contributed by atoms with Crippen LogP contribution in [0.25, 0.3) is 0 Å². The topological polar surface area (TPSA) is 37.4 Å². The van der Waals surface area contributed by atoms with E-state index in [-0.39, 0.29) is 0 Å². The van der Waals surface area contributed by atoms with Gasteiger partial charge in [-0.3, -0.25) is 0 Å². The van der Waals surface area contributed by atoms with Crippen molar-refractivity contribution in [3.63, 3.8) is 0 Å². The van der Waals surface area contributed by atoms with E-state index in [4.69, 9.17) is 0 Å². The molecule has 0 spiro atoms. The van der Waals surface area contributed by atoms with Crippen molar-refractivity contribution < 1.29 is 8.42 Å². The molecule has 0 heterocycles. The van der Waals surface area contributed by atoms with E-state index in [1.807, 2.05) is 39.8 Å². The largest absolute Gasteiger partial charge is 0.244 e. The predicted octanol–water partition coefficient (Wildman–Crippen LogP) is 3.42. The Bertz CT molecular complexity index is 512. The number of aryl methyl sites for hydroxylation is 1. The number of halogens is 1. The van der Waals surface area contributed by atoms with Gasteiger partial charge in [-0.2, -0.15) is 4.31 Å². The van der Waals surface area contributed by atoms with Crippen LogP contribution in [0.15, 0.2) is 27.6 Å². The summed E-state index contributed by atoms with van der Waals surface area (Å²) in [6, 6.07) is 5.31. The van der Waals surface area contributed by atoms with Crippen molar-refractivity contribution in [3.8, 4) is 0 Å². The lowest BCUT2D eigenvalue weighted by Crippen LogP contribution is -2.34. The molecule has 0 saturated carbocycles. The molecular formula is C13H20BrNO2S. The quantitative estimate of drug-likeness (QED) is 0.827. The molecule has 0 bridgehead atoms. The third-order valence-electron chi connectivity index (χ3n) is 2.63. The minimum atomic E-state index is -3.41. The first kappa shape index (κ1) is 15.7. The first-order valence-electron chi connectivity index (χ1n) is 6.05. The summed E-state index contributed by atoms with van der Waals surface area (Å²) in [5.74, 6) is 0.309. The van der Waals surface area contributed by atoms with E-state index in [0.717, 1.165) is 5.56 Å². The minimum absolute atomic E-state index is 0.309. The van der Waals surface area contributed by atoms with E-state index in [9.17, 15) is 8.42 Å². The highest BCUT2D eigenvalue weighted by atomic mass is 79.9. The maximum atomic E-state index is 12.5. The highest BCUT2D eigenvalue weighted by Crippen LogP contribution is 2.26. The van der Waals surface area contributed by atoms with Crippen LogP contribution in [-0.4, -0.2) is 25.8 Å². The van der Waals surface area contributed by atoms with E-state index in [2.05, 4.69) is 15.9 Å². The van der Waals surface area contributed by atoms with Crippen LogP contribution >= 0.6 is 15.9 Å². The molecule has 1 aromatic carbocycles. The first-order valence-corrected chi connectivity index (χ1v) is 8.28. The second kappa shape index (κ2) is 6.17. The van der Waals surface area contributed by atoms with Crippen molar-refractivity contribution >= 4 is 26.0 Å². The Labute approximate surface area is 118 Å². The number of benzene rings is 1. The fraction of sp³-hybridized carbons (Fsp3) is 0.538. The van der Waals surface area contributed by atoms with E-state index < -0.39 is 10.0 Å². The Morgan fingerprint density at radius 1 is 1.33 bits per heavy atom. The number of hydrogen-bond acceptors (Lipinski definition) is 2. The smallest absolute Gasteiger partial charge is 0.207 e. The third-order valence-corrected chi connectivity index (χ3v) is 5.54. The van der Waals surface area contributed by atoms with Gasteiger partial charge in [0.2, 0.25) is 10.0 Å². The molecule has 0 aliphatic rings. The van der Waals surface area contributed by atoms with E-state index in [1.165, 1.54) is 4.31 Å². The summed E-state index contributed by atoms with van der Waals surface area (Å²) in [5, 5.41) is 0. The molecular weight excluding hydrogens is 314 g/mol. The average Bonchev–Trinajstić information content (AvgIpc) is 2.24. The van der Waals surface area contributed by atoms with Crippen LogP contribution < -0.4 is 0 Å². The van der Waals surface area contributed by atoms with E-state index in [0.29, 0.717) is 28.4 Å². The lowest BCUT2D eigenvalue weighted by atomic mass is 10.2. The highest BCUT2D eigenvalue weighted by molar-refractivity contribution is 9.10. The summed E-state index contributed by atoms with van der Waals surface area (Å²) in [4.78, 5) is 0.343. The standard InChI is InChI=1S/C13H20BrNO2S/c1-5-15(9-10(2)3)18(16,17)13-7-6-11(4)8-12(13)14/h6-8,10H,5,9H2,1-4H3. The average molecular weight is 334 g/mol. The molecule has 0 aliphatic heterocycles. The Balaban J connectivity index is 3.19. The molecule has 1 rings (SSSR count). The van der Waals surface area contributed by atoms with Gasteiger partial charge in [0.25, 0.3) is 0 Å². The van der Waals surface area contributed by atoms with E-state index in [1.54, 1.807) is 6.07 Å². The number of rotatable bonds is 5. The van der Waals surface area contributed by atoms with Crippen molar-refractivity contribution in [2.45, 2.75) is 32.6 Å². The molecule has 0 unspecified atom stereocenters. The molecule has 0 aromatic heterocycles. The zero-order valence-corrected chi connectivity index (χ0v) is 13.7. The Morgan fingerprint density at radius 2 is 1.94 bits per heavy atom. The van der Waals surface area contributed by atoms with Crippen LogP contribution in [0.3, 0.4) is 0 Å². The van der Waals surface area contributed by atoms with Gasteiger partial charge in [0.15, 0.2) is 0 Å². The maximum absolute atomic E-state index is 12.5. The van der Waals surface area contributed by atoms with Gasteiger partial charge >= 0.3 is 0 Å². The van der Waals surface area contributed by atoms with Gasteiger partial charge in [-0.05, 0) is 46.5 Å². The van der Waals surface area contributed by atoms with Gasteiger partial charge in [-0.15, -0.1) is 0 Å². The second-order valence-corrected chi connectivity index (χ2v) is 7.54. The molecule has 0 aliphatic carbocycles. The number of sulfonamides is 1. The molecule has 0 radical (unpaired) electrons. The van der Waals surface area contributed by atoms with Gasteiger partial charge < -0.3 is 0 Å². The Kier molecular flexibility index (Phi) is 5.37. The molecule has 0 N–H and O–H groups in total. The van der Waals surface area contributed by atoms with Gasteiger partial charge in [-0.25, -0.2) is 8.42 Å². The summed E-state index contributed by atoms with van der Waals surface area (Å²) < 4.78 is 27.2. The van der Waals surface area contributed by atoms with Crippen molar-refractivity contribution in [1.82, 2.24) is 4.31 Å². The summed E-state index contributed by atoms with van der Waals surface area (Å²) in [6.45, 7) is 8.86. The monoisotopic (exact) mass is 333 g/mol. The van der Waals surface area contributed by atoms with Crippen molar-refractivity contribution in [1.29, 1.82) is 0 Å². The first-order chi connectivity index (χ1) is 8.28. The molecule has 18 heavy (non-hydrogen) atoms. The molecule has 102 valence electrons. The van der Waals surface area contributed by atoms with Crippen LogP contribution in [0.4, 0.5) is 0 Å². The van der Waals surface area contributed by atoms with Crippen molar-refractivity contribution in [2.75, 3.05) is 13.1 Å². The molecule has 5 heteroatoms. The maximum Gasteiger partial charge on any atom is 0.244 e. The zero-order valence-electron chi connectivity index (χ0n) is 11.3. The van der Waals surface area contributed by atoms with Gasteiger partial charge in [0.05, 0.1) is 4.90 Å². The molecule has 0 atom stereocenters. The van der Waals surface area contributed by atoms with Crippen LogP contribution in [0, 0.1) is 12.8 Å². The SMILES string of the molecule is CCN(CC(C)C)S(=O)(=O)c1ccc(C)cc1Br. The van der Waals surface area contributed by atoms with E-state index >= 15 is 0 Å². The minimum Gasteiger partial charge on any atom is -0.207 e. The third kappa shape index (κ3) is 3.56. The zero-order chi connectivity index (χ0) is 13.9. The van der Waals surface area contributed by atoms with Gasteiger partial charge in [0, 0.05) is 17.6 Å². The van der Waals surface area contributed by atoms with Crippen LogP contribution in [0.1, 0.15) is 26.3 Å². The fourth-order valence-electron chi connectivity index (χ4n) is 1.76. The molecule has 1 aromatic rings. The Morgan fingerprint density at radius 3 is 2.39 bits per heavy atom. The summed E-state index contributed by atoms with van der Waals surface area (Å²) in [7, 11) is -3.41. The lowest BCUT2D eigenvalue weighted by molar-refractivity contribution is 0.380. The molecule has 0 fully saturated rings. The second-order valence-electron chi connectivity index (χ2n) is 4.78. The van der Waals surface area contributed by atoms with Crippen molar-refractivity contribution in [2.24, 2.45) is 5.92 Å². The van der Waals surface area contributed by atoms with Crippen LogP contribution in [-0.2, 0) is 10.0 Å². The molecule has 3 nitrogen and oxygen atoms in total. The Hall–Kier alpha value is -0.390. The number of nitrogens with zero attached hydrogens (tertiary/aromatic N) is 1. The number of hydrogen-bond donors (Lipinski definition) is 0. The van der Waals surface area contributed by atoms with Crippen LogP contribution in [0.5, 0.6) is 0 Å². The normalized spacial score (nSPS) is 12.4. The highest BCUT2D eigenvalue weighted by Gasteiger charge is 2.25. The fourth-order valence-corrected chi connectivity index (χ4v) is 4.52. The summed E-state index contributed by atoms with van der Waals surface area (Å²) in [5.41, 5.74) is 1.03. The lowest BCUT2D eigenvalue weighted by Gasteiger charge is -2.23. The van der Waals surface area contributed by atoms with Crippen molar-refractivity contribution in [3.05, 3.63) is 28.2 Å². The van der Waals surface area contributed by atoms with Gasteiger partial charge in [0.1, 0.15) is 0 Å². The summed E-state index contributed by atoms with van der Waals surface area (Å²) >= 11 is 3.34. The summed E-state index contributed by atoms with van der Waals surface area (Å²) in [6.07, 6.45) is 0. The molecule has 0 amide bonds.